The minimum atomic E-state index is -3.63. The molecule has 1 amide bonds. The summed E-state index contributed by atoms with van der Waals surface area (Å²) in [6.07, 6.45) is 0.825. The van der Waals surface area contributed by atoms with Gasteiger partial charge >= 0.3 is 0 Å². The molecule has 0 aromatic heterocycles. The molecule has 148 valence electrons. The van der Waals surface area contributed by atoms with E-state index in [2.05, 4.69) is 10.0 Å². The molecule has 2 aromatic carbocycles. The largest absolute Gasteiger partial charge is 0.494 e. The summed E-state index contributed by atoms with van der Waals surface area (Å²) in [5, 5.41) is 2.70. The first-order valence-corrected chi connectivity index (χ1v) is 9.77. The molecule has 0 saturated heterocycles. The van der Waals surface area contributed by atoms with Gasteiger partial charge in [-0.1, -0.05) is 24.3 Å². The number of ether oxygens (including phenoxy) is 1. The van der Waals surface area contributed by atoms with Gasteiger partial charge in [0.05, 0.1) is 11.5 Å². The fourth-order valence-corrected chi connectivity index (χ4v) is 3.27. The van der Waals surface area contributed by atoms with E-state index < -0.39 is 10.0 Å². The molecule has 0 atom stereocenters. The lowest BCUT2D eigenvalue weighted by molar-refractivity contribution is -0.116. The molecule has 0 bridgehead atoms. The van der Waals surface area contributed by atoms with Gasteiger partial charge in [-0.05, 0) is 36.8 Å². The summed E-state index contributed by atoms with van der Waals surface area (Å²) in [5.74, 6) is 0.557. The molecule has 0 aliphatic carbocycles. The van der Waals surface area contributed by atoms with Gasteiger partial charge in [0.25, 0.3) is 0 Å². The Hall–Kier alpha value is -2.13. The van der Waals surface area contributed by atoms with Crippen molar-refractivity contribution in [3.8, 4) is 5.75 Å². The number of anilines is 1. The molecule has 0 aliphatic heterocycles. The molecule has 0 radical (unpaired) electrons. The Labute approximate surface area is 165 Å². The summed E-state index contributed by atoms with van der Waals surface area (Å²) in [6.45, 7) is 0.788. The van der Waals surface area contributed by atoms with Crippen LogP contribution < -0.4 is 20.5 Å². The number of amides is 1. The maximum Gasteiger partial charge on any atom is 0.240 e. The van der Waals surface area contributed by atoms with Gasteiger partial charge in [-0.25, -0.2) is 13.1 Å². The third-order valence-electron chi connectivity index (χ3n) is 3.42. The molecule has 0 spiro atoms. The Morgan fingerprint density at radius 3 is 2.52 bits per heavy atom. The minimum absolute atomic E-state index is 0. The second-order valence-corrected chi connectivity index (χ2v) is 7.29. The van der Waals surface area contributed by atoms with E-state index in [0.717, 1.165) is 5.75 Å². The molecule has 2 rings (SSSR count). The van der Waals surface area contributed by atoms with Crippen molar-refractivity contribution in [2.24, 2.45) is 5.73 Å². The van der Waals surface area contributed by atoms with Crippen LogP contribution in [0.3, 0.4) is 0 Å². The number of carbonyl (C=O) groups is 1. The Morgan fingerprint density at radius 2 is 1.81 bits per heavy atom. The maximum atomic E-state index is 12.1. The normalized spacial score (nSPS) is 10.7. The van der Waals surface area contributed by atoms with Crippen LogP contribution in [0.1, 0.15) is 12.8 Å². The van der Waals surface area contributed by atoms with Crippen LogP contribution in [-0.2, 0) is 14.8 Å². The summed E-state index contributed by atoms with van der Waals surface area (Å²) in [6, 6.07) is 15.5. The van der Waals surface area contributed by atoms with E-state index in [1.165, 1.54) is 12.1 Å². The molecule has 2 aromatic rings. The van der Waals surface area contributed by atoms with Gasteiger partial charge in [-0.2, -0.15) is 0 Å². The molecule has 27 heavy (non-hydrogen) atoms. The van der Waals surface area contributed by atoms with Crippen LogP contribution in [0.25, 0.3) is 0 Å². The van der Waals surface area contributed by atoms with Crippen LogP contribution in [0.2, 0.25) is 0 Å². The Balaban J connectivity index is 0.00000364. The van der Waals surface area contributed by atoms with Gasteiger partial charge in [0.15, 0.2) is 0 Å². The first-order valence-electron chi connectivity index (χ1n) is 8.29. The molecule has 4 N–H and O–H groups in total. The van der Waals surface area contributed by atoms with Crippen molar-refractivity contribution in [3.05, 3.63) is 54.6 Å². The summed E-state index contributed by atoms with van der Waals surface area (Å²) >= 11 is 0. The average molecular weight is 414 g/mol. The van der Waals surface area contributed by atoms with Crippen molar-refractivity contribution >= 4 is 34.0 Å². The third kappa shape index (κ3) is 7.96. The van der Waals surface area contributed by atoms with Crippen molar-refractivity contribution in [1.82, 2.24) is 4.72 Å². The number of nitrogens with one attached hydrogen (secondary N) is 2. The predicted molar refractivity (Wildman–Crippen MR) is 108 cm³/mol. The van der Waals surface area contributed by atoms with Crippen LogP contribution in [-0.4, -0.2) is 34.0 Å². The molecule has 0 unspecified atom stereocenters. The number of para-hydroxylation sites is 1. The molecule has 7 nitrogen and oxygen atoms in total. The van der Waals surface area contributed by atoms with Crippen molar-refractivity contribution in [1.29, 1.82) is 0 Å². The Kier molecular flexibility index (Phi) is 9.81. The van der Waals surface area contributed by atoms with Gasteiger partial charge in [-0.3, -0.25) is 4.79 Å². The molecule has 0 heterocycles. The second kappa shape index (κ2) is 11.6. The van der Waals surface area contributed by atoms with Gasteiger partial charge in [0.1, 0.15) is 5.75 Å². The van der Waals surface area contributed by atoms with E-state index in [1.807, 2.05) is 30.3 Å². The van der Waals surface area contributed by atoms with Crippen LogP contribution in [0, 0.1) is 0 Å². The zero-order valence-corrected chi connectivity index (χ0v) is 16.4. The van der Waals surface area contributed by atoms with Crippen LogP contribution in [0.4, 0.5) is 5.69 Å². The number of hydrogen-bond donors (Lipinski definition) is 3. The van der Waals surface area contributed by atoms with E-state index in [-0.39, 0.29) is 42.7 Å². The van der Waals surface area contributed by atoms with E-state index in [0.29, 0.717) is 18.7 Å². The molecular formula is C18H24ClN3O4S. The number of halogens is 1. The maximum absolute atomic E-state index is 12.1. The van der Waals surface area contributed by atoms with Crippen LogP contribution >= 0.6 is 12.4 Å². The van der Waals surface area contributed by atoms with E-state index in [9.17, 15) is 13.2 Å². The SMILES string of the molecule is Cl.NCCNS(=O)(=O)c1cccc(NC(=O)CCCOc2ccccc2)c1. The first kappa shape index (κ1) is 22.9. The number of carbonyl (C=O) groups excluding carboxylic acids is 1. The summed E-state index contributed by atoms with van der Waals surface area (Å²) in [4.78, 5) is 12.1. The molecule has 0 fully saturated rings. The third-order valence-corrected chi connectivity index (χ3v) is 4.88. The van der Waals surface area contributed by atoms with Gasteiger partial charge in [0.2, 0.25) is 15.9 Å². The van der Waals surface area contributed by atoms with Crippen LogP contribution in [0.5, 0.6) is 5.75 Å². The lowest BCUT2D eigenvalue weighted by atomic mass is 10.2. The van der Waals surface area contributed by atoms with E-state index in [4.69, 9.17) is 10.5 Å². The minimum Gasteiger partial charge on any atom is -0.494 e. The number of nitrogens with two attached hydrogens (primary N) is 1. The van der Waals surface area contributed by atoms with Crippen molar-refractivity contribution in [2.75, 3.05) is 25.0 Å². The predicted octanol–water partition coefficient (Wildman–Crippen LogP) is 2.14. The monoisotopic (exact) mass is 413 g/mol. The Morgan fingerprint density at radius 1 is 1.07 bits per heavy atom. The summed E-state index contributed by atoms with van der Waals surface area (Å²) < 4.78 is 32.1. The molecule has 9 heteroatoms. The quantitative estimate of drug-likeness (QED) is 0.517. The van der Waals surface area contributed by atoms with E-state index >= 15 is 0 Å². The van der Waals surface area contributed by atoms with Gasteiger partial charge in [-0.15, -0.1) is 12.4 Å². The van der Waals surface area contributed by atoms with Crippen LogP contribution in [0.15, 0.2) is 59.5 Å². The summed E-state index contributed by atoms with van der Waals surface area (Å²) in [5.41, 5.74) is 5.74. The lowest BCUT2D eigenvalue weighted by Gasteiger charge is -2.09. The molecule has 0 aliphatic rings. The number of sulfonamides is 1. The number of rotatable bonds is 10. The number of benzene rings is 2. The highest BCUT2D eigenvalue weighted by Gasteiger charge is 2.14. The first-order chi connectivity index (χ1) is 12.5. The highest BCUT2D eigenvalue weighted by atomic mass is 35.5. The fraction of sp³-hybridized carbons (Fsp3) is 0.278. The smallest absolute Gasteiger partial charge is 0.240 e. The van der Waals surface area contributed by atoms with E-state index in [1.54, 1.807) is 12.1 Å². The fourth-order valence-electron chi connectivity index (χ4n) is 2.18. The highest BCUT2D eigenvalue weighted by Crippen LogP contribution is 2.16. The Bertz CT molecular complexity index is 816. The van der Waals surface area contributed by atoms with Crippen molar-refractivity contribution in [3.63, 3.8) is 0 Å². The number of hydrogen-bond acceptors (Lipinski definition) is 5. The van der Waals surface area contributed by atoms with Crippen molar-refractivity contribution < 1.29 is 17.9 Å². The lowest BCUT2D eigenvalue weighted by Crippen LogP contribution is -2.29. The van der Waals surface area contributed by atoms with Crippen molar-refractivity contribution in [2.45, 2.75) is 17.7 Å². The zero-order chi connectivity index (χ0) is 18.8. The average Bonchev–Trinajstić information content (AvgIpc) is 2.65. The second-order valence-electron chi connectivity index (χ2n) is 5.53. The summed E-state index contributed by atoms with van der Waals surface area (Å²) in [7, 11) is -3.63. The highest BCUT2D eigenvalue weighted by molar-refractivity contribution is 7.89. The topological polar surface area (TPSA) is 111 Å². The molecule has 0 saturated carbocycles. The standard InChI is InChI=1S/C18H23N3O4S.ClH/c19-11-12-20-26(23,24)17-9-4-6-15(14-17)21-18(22)10-5-13-25-16-7-2-1-3-8-16;/h1-4,6-9,14,20H,5,10-13,19H2,(H,21,22);1H. The van der Waals surface area contributed by atoms with Gasteiger partial charge in [0, 0.05) is 25.2 Å². The molecular weight excluding hydrogens is 390 g/mol. The van der Waals surface area contributed by atoms with Gasteiger partial charge < -0.3 is 15.8 Å². The zero-order valence-electron chi connectivity index (χ0n) is 14.8.